The van der Waals surface area contributed by atoms with Gasteiger partial charge in [-0.3, -0.25) is 9.48 Å². The lowest BCUT2D eigenvalue weighted by Gasteiger charge is -2.12. The van der Waals surface area contributed by atoms with E-state index >= 15 is 0 Å². The maximum Gasteiger partial charge on any atom is 0.251 e. The van der Waals surface area contributed by atoms with E-state index in [1.54, 1.807) is 34.9 Å². The Bertz CT molecular complexity index is 1160. The molecule has 4 rings (SSSR count). The van der Waals surface area contributed by atoms with Crippen molar-refractivity contribution in [2.45, 2.75) is 6.54 Å². The third-order valence-electron chi connectivity index (χ3n) is 4.54. The van der Waals surface area contributed by atoms with Gasteiger partial charge in [-0.1, -0.05) is 30.3 Å². The van der Waals surface area contributed by atoms with Gasteiger partial charge >= 0.3 is 0 Å². The van der Waals surface area contributed by atoms with Gasteiger partial charge < -0.3 is 9.47 Å². The van der Waals surface area contributed by atoms with Crippen LogP contribution in [0.15, 0.2) is 77.9 Å². The van der Waals surface area contributed by atoms with Crippen molar-refractivity contribution in [1.29, 1.82) is 0 Å². The second-order valence-electron chi connectivity index (χ2n) is 6.38. The Morgan fingerprint density at radius 3 is 2.38 bits per heavy atom. The standard InChI is InChI=1S/C22H20N4O3/c1-28-18-10-8-16(9-11-18)14-25-15-20(29-2)22(27)21(24-25)19-12-13-23-26(19)17-6-4-3-5-7-17/h3-13,15H,14H2,1-2H3. The molecule has 2 heterocycles. The van der Waals surface area contributed by atoms with Gasteiger partial charge in [-0.05, 0) is 35.9 Å². The maximum atomic E-state index is 12.9. The Hall–Kier alpha value is -3.87. The molecular weight excluding hydrogens is 368 g/mol. The fourth-order valence-electron chi connectivity index (χ4n) is 3.08. The van der Waals surface area contributed by atoms with Gasteiger partial charge in [0.25, 0.3) is 5.43 Å². The van der Waals surface area contributed by atoms with Gasteiger partial charge in [0, 0.05) is 0 Å². The monoisotopic (exact) mass is 388 g/mol. The molecule has 0 saturated carbocycles. The molecule has 0 unspecified atom stereocenters. The lowest BCUT2D eigenvalue weighted by Crippen LogP contribution is -2.18. The van der Waals surface area contributed by atoms with E-state index in [1.165, 1.54) is 7.11 Å². The number of rotatable bonds is 6. The molecule has 0 spiro atoms. The second kappa shape index (κ2) is 8.02. The van der Waals surface area contributed by atoms with Gasteiger partial charge in [0.15, 0.2) is 11.4 Å². The van der Waals surface area contributed by atoms with Crippen LogP contribution in [-0.4, -0.2) is 33.8 Å². The first-order valence-electron chi connectivity index (χ1n) is 9.08. The van der Waals surface area contributed by atoms with E-state index in [2.05, 4.69) is 10.2 Å². The molecule has 2 aromatic carbocycles. The predicted octanol–water partition coefficient (Wildman–Crippen LogP) is 3.16. The molecule has 0 fully saturated rings. The molecule has 0 amide bonds. The van der Waals surface area contributed by atoms with Crippen LogP contribution in [0, 0.1) is 0 Å². The van der Waals surface area contributed by atoms with Gasteiger partial charge in [-0.25, -0.2) is 4.68 Å². The summed E-state index contributed by atoms with van der Waals surface area (Å²) >= 11 is 0. The van der Waals surface area contributed by atoms with Crippen LogP contribution in [0.25, 0.3) is 17.1 Å². The van der Waals surface area contributed by atoms with Crippen LogP contribution in [0.1, 0.15) is 5.56 Å². The van der Waals surface area contributed by atoms with E-state index in [0.29, 0.717) is 12.2 Å². The van der Waals surface area contributed by atoms with Gasteiger partial charge in [-0.15, -0.1) is 0 Å². The third kappa shape index (κ3) is 3.75. The summed E-state index contributed by atoms with van der Waals surface area (Å²) in [5, 5.41) is 8.95. The normalized spacial score (nSPS) is 10.7. The summed E-state index contributed by atoms with van der Waals surface area (Å²) in [4.78, 5) is 12.9. The molecule has 7 nitrogen and oxygen atoms in total. The van der Waals surface area contributed by atoms with Crippen LogP contribution in [0.2, 0.25) is 0 Å². The highest BCUT2D eigenvalue weighted by Gasteiger charge is 2.17. The van der Waals surface area contributed by atoms with Gasteiger partial charge in [0.1, 0.15) is 5.75 Å². The highest BCUT2D eigenvalue weighted by Crippen LogP contribution is 2.20. The smallest absolute Gasteiger partial charge is 0.251 e. The van der Waals surface area contributed by atoms with E-state index in [-0.39, 0.29) is 16.9 Å². The molecule has 0 bridgehead atoms. The van der Waals surface area contributed by atoms with Gasteiger partial charge in [0.2, 0.25) is 0 Å². The summed E-state index contributed by atoms with van der Waals surface area (Å²) in [7, 11) is 3.11. The molecule has 0 atom stereocenters. The van der Waals surface area contributed by atoms with Crippen LogP contribution < -0.4 is 14.9 Å². The summed E-state index contributed by atoms with van der Waals surface area (Å²) in [5.74, 6) is 1.01. The lowest BCUT2D eigenvalue weighted by molar-refractivity contribution is 0.402. The Balaban J connectivity index is 1.77. The SMILES string of the molecule is COc1ccc(Cn2cc(OC)c(=O)c(-c3ccnn3-c3ccccc3)n2)cc1. The average molecular weight is 388 g/mol. The van der Waals surface area contributed by atoms with Crippen molar-refractivity contribution in [3.8, 4) is 28.6 Å². The molecular formula is C22H20N4O3. The fourth-order valence-corrected chi connectivity index (χ4v) is 3.08. The number of para-hydroxylation sites is 1. The first-order chi connectivity index (χ1) is 14.2. The zero-order valence-corrected chi connectivity index (χ0v) is 16.1. The molecule has 0 radical (unpaired) electrons. The van der Waals surface area contributed by atoms with E-state index in [0.717, 1.165) is 17.0 Å². The second-order valence-corrected chi connectivity index (χ2v) is 6.38. The third-order valence-corrected chi connectivity index (χ3v) is 4.54. The molecule has 29 heavy (non-hydrogen) atoms. The summed E-state index contributed by atoms with van der Waals surface area (Å²) in [5.41, 5.74) is 2.46. The topological polar surface area (TPSA) is 71.2 Å². The van der Waals surface area contributed by atoms with Crippen molar-refractivity contribution >= 4 is 0 Å². The minimum Gasteiger partial charge on any atom is -0.497 e. The zero-order chi connectivity index (χ0) is 20.2. The molecule has 2 aromatic heterocycles. The first kappa shape index (κ1) is 18.5. The largest absolute Gasteiger partial charge is 0.497 e. The highest BCUT2D eigenvalue weighted by molar-refractivity contribution is 5.58. The van der Waals surface area contributed by atoms with Crippen molar-refractivity contribution in [3.63, 3.8) is 0 Å². The summed E-state index contributed by atoms with van der Waals surface area (Å²) in [6, 6.07) is 19.1. The highest BCUT2D eigenvalue weighted by atomic mass is 16.5. The minimum absolute atomic E-state index is 0.226. The molecule has 4 aromatic rings. The van der Waals surface area contributed by atoms with Crippen molar-refractivity contribution < 1.29 is 9.47 Å². The van der Waals surface area contributed by atoms with Crippen molar-refractivity contribution in [3.05, 3.63) is 88.8 Å². The number of aromatic nitrogens is 4. The van der Waals surface area contributed by atoms with E-state index in [1.807, 2.05) is 54.6 Å². The van der Waals surface area contributed by atoms with Crippen molar-refractivity contribution in [2.75, 3.05) is 14.2 Å². The van der Waals surface area contributed by atoms with E-state index < -0.39 is 0 Å². The van der Waals surface area contributed by atoms with Crippen LogP contribution in [0.4, 0.5) is 0 Å². The predicted molar refractivity (Wildman–Crippen MR) is 110 cm³/mol. The van der Waals surface area contributed by atoms with Crippen LogP contribution in [0.5, 0.6) is 11.5 Å². The van der Waals surface area contributed by atoms with Gasteiger partial charge in [0.05, 0.1) is 44.5 Å². The first-order valence-corrected chi connectivity index (χ1v) is 9.08. The van der Waals surface area contributed by atoms with Gasteiger partial charge in [-0.2, -0.15) is 10.2 Å². The lowest BCUT2D eigenvalue weighted by atomic mass is 10.2. The average Bonchev–Trinajstić information content (AvgIpc) is 3.25. The van der Waals surface area contributed by atoms with E-state index in [9.17, 15) is 4.79 Å². The summed E-state index contributed by atoms with van der Waals surface area (Å²) < 4.78 is 13.9. The van der Waals surface area contributed by atoms with Crippen LogP contribution in [-0.2, 0) is 6.54 Å². The Kier molecular flexibility index (Phi) is 5.11. The maximum absolute atomic E-state index is 12.9. The number of hydrogen-bond acceptors (Lipinski definition) is 5. The minimum atomic E-state index is -0.281. The van der Waals surface area contributed by atoms with E-state index in [4.69, 9.17) is 9.47 Å². The number of nitrogens with zero attached hydrogens (tertiary/aromatic N) is 4. The fraction of sp³-hybridized carbons (Fsp3) is 0.136. The van der Waals surface area contributed by atoms with Crippen LogP contribution in [0.3, 0.4) is 0 Å². The molecule has 0 aliphatic heterocycles. The number of hydrogen-bond donors (Lipinski definition) is 0. The molecule has 0 aliphatic rings. The van der Waals surface area contributed by atoms with Crippen molar-refractivity contribution in [2.24, 2.45) is 0 Å². The number of benzene rings is 2. The molecule has 146 valence electrons. The van der Waals surface area contributed by atoms with Crippen molar-refractivity contribution in [1.82, 2.24) is 19.6 Å². The molecule has 7 heteroatoms. The Morgan fingerprint density at radius 2 is 1.69 bits per heavy atom. The zero-order valence-electron chi connectivity index (χ0n) is 16.1. The molecule has 0 N–H and O–H groups in total. The Morgan fingerprint density at radius 1 is 0.931 bits per heavy atom. The summed E-state index contributed by atoms with van der Waals surface area (Å²) in [6.07, 6.45) is 3.26. The molecule has 0 saturated heterocycles. The van der Waals surface area contributed by atoms with Crippen LogP contribution >= 0.6 is 0 Å². The quantitative estimate of drug-likeness (QED) is 0.507. The number of methoxy groups -OCH3 is 2. The number of ether oxygens (including phenoxy) is 2. The molecule has 0 aliphatic carbocycles. The summed E-state index contributed by atoms with van der Waals surface area (Å²) in [6.45, 7) is 0.479. The Labute approximate surface area is 167 Å².